The molecule has 0 amide bonds. The number of carbonyl (C=O) groups excluding carboxylic acids is 1. The largest absolute Gasteiger partial charge is 0.481 e. The van der Waals surface area contributed by atoms with E-state index in [0.717, 1.165) is 25.7 Å². The SMILES string of the molecule is Cl.O=C(O)CCC(=O)C1CCCCC1. The van der Waals surface area contributed by atoms with Gasteiger partial charge in [0.05, 0.1) is 6.42 Å². The Balaban J connectivity index is 0.00000169. The van der Waals surface area contributed by atoms with Crippen molar-refractivity contribution in [2.24, 2.45) is 5.92 Å². The normalized spacial score (nSPS) is 17.1. The first-order valence-electron chi connectivity index (χ1n) is 4.94. The van der Waals surface area contributed by atoms with Gasteiger partial charge in [-0.25, -0.2) is 0 Å². The van der Waals surface area contributed by atoms with Gasteiger partial charge in [0.25, 0.3) is 0 Å². The van der Waals surface area contributed by atoms with Gasteiger partial charge in [0.15, 0.2) is 0 Å². The number of hydrogen-bond donors (Lipinski definition) is 1. The summed E-state index contributed by atoms with van der Waals surface area (Å²) in [6.45, 7) is 0. The molecule has 0 unspecified atom stereocenters. The fourth-order valence-electron chi connectivity index (χ4n) is 1.86. The van der Waals surface area contributed by atoms with Crippen LogP contribution in [0.1, 0.15) is 44.9 Å². The molecule has 0 aromatic rings. The summed E-state index contributed by atoms with van der Waals surface area (Å²) in [4.78, 5) is 21.7. The van der Waals surface area contributed by atoms with Gasteiger partial charge in [-0.3, -0.25) is 9.59 Å². The predicted molar refractivity (Wildman–Crippen MR) is 55.7 cm³/mol. The average Bonchev–Trinajstić information content (AvgIpc) is 2.15. The van der Waals surface area contributed by atoms with Crippen molar-refractivity contribution in [1.82, 2.24) is 0 Å². The van der Waals surface area contributed by atoms with E-state index < -0.39 is 5.97 Å². The Morgan fingerprint density at radius 1 is 1.07 bits per heavy atom. The van der Waals surface area contributed by atoms with Crippen LogP contribution < -0.4 is 0 Å². The van der Waals surface area contributed by atoms with Crippen LogP contribution in [-0.2, 0) is 9.59 Å². The maximum Gasteiger partial charge on any atom is 0.303 e. The smallest absolute Gasteiger partial charge is 0.303 e. The first-order chi connectivity index (χ1) is 6.20. The summed E-state index contributed by atoms with van der Waals surface area (Å²) in [5, 5.41) is 8.41. The lowest BCUT2D eigenvalue weighted by Gasteiger charge is -2.19. The third-order valence-corrected chi connectivity index (χ3v) is 2.65. The molecular weight excluding hydrogens is 204 g/mol. The monoisotopic (exact) mass is 220 g/mol. The Labute approximate surface area is 90.3 Å². The number of rotatable bonds is 4. The summed E-state index contributed by atoms with van der Waals surface area (Å²) < 4.78 is 0. The van der Waals surface area contributed by atoms with Crippen LogP contribution in [-0.4, -0.2) is 16.9 Å². The third kappa shape index (κ3) is 4.61. The van der Waals surface area contributed by atoms with Crippen LogP contribution in [0.5, 0.6) is 0 Å². The summed E-state index contributed by atoms with van der Waals surface area (Å²) in [6, 6.07) is 0. The molecule has 4 heteroatoms. The minimum atomic E-state index is -0.871. The van der Waals surface area contributed by atoms with E-state index in [1.165, 1.54) is 6.42 Å². The molecule has 0 aromatic heterocycles. The number of aliphatic carboxylic acids is 1. The molecule has 0 atom stereocenters. The molecule has 1 N–H and O–H groups in total. The molecule has 3 nitrogen and oxygen atoms in total. The summed E-state index contributed by atoms with van der Waals surface area (Å²) in [7, 11) is 0. The van der Waals surface area contributed by atoms with E-state index in [1.54, 1.807) is 0 Å². The fraction of sp³-hybridized carbons (Fsp3) is 0.800. The van der Waals surface area contributed by atoms with E-state index in [0.29, 0.717) is 0 Å². The highest BCUT2D eigenvalue weighted by atomic mass is 35.5. The van der Waals surface area contributed by atoms with Crippen LogP contribution in [0.3, 0.4) is 0 Å². The topological polar surface area (TPSA) is 54.4 Å². The van der Waals surface area contributed by atoms with Crippen molar-refractivity contribution in [3.8, 4) is 0 Å². The van der Waals surface area contributed by atoms with Crippen LogP contribution in [0.2, 0.25) is 0 Å². The number of carbonyl (C=O) groups is 2. The summed E-state index contributed by atoms with van der Waals surface area (Å²) in [5.41, 5.74) is 0. The zero-order chi connectivity index (χ0) is 9.68. The van der Waals surface area contributed by atoms with E-state index >= 15 is 0 Å². The van der Waals surface area contributed by atoms with Crippen molar-refractivity contribution in [2.75, 3.05) is 0 Å². The standard InChI is InChI=1S/C10H16O3.ClH/c11-9(6-7-10(12)13)8-4-2-1-3-5-8;/h8H,1-7H2,(H,12,13);1H. The summed E-state index contributed by atoms with van der Waals surface area (Å²) in [5.74, 6) is -0.556. The van der Waals surface area contributed by atoms with Gasteiger partial charge in [-0.2, -0.15) is 0 Å². The van der Waals surface area contributed by atoms with Crippen molar-refractivity contribution >= 4 is 24.2 Å². The molecule has 1 fully saturated rings. The Bertz CT molecular complexity index is 198. The average molecular weight is 221 g/mol. The molecule has 1 aliphatic carbocycles. The van der Waals surface area contributed by atoms with Gasteiger partial charge in [-0.1, -0.05) is 19.3 Å². The van der Waals surface area contributed by atoms with Crippen LogP contribution >= 0.6 is 12.4 Å². The zero-order valence-electron chi connectivity index (χ0n) is 8.20. The van der Waals surface area contributed by atoms with Crippen molar-refractivity contribution < 1.29 is 14.7 Å². The van der Waals surface area contributed by atoms with Crippen LogP contribution in [0.4, 0.5) is 0 Å². The fourth-order valence-corrected chi connectivity index (χ4v) is 1.86. The molecular formula is C10H17ClO3. The summed E-state index contributed by atoms with van der Waals surface area (Å²) in [6.07, 6.45) is 5.64. The molecule has 1 rings (SSSR count). The molecule has 0 aliphatic heterocycles. The highest BCUT2D eigenvalue weighted by molar-refractivity contribution is 5.85. The first kappa shape index (κ1) is 13.4. The van der Waals surface area contributed by atoms with E-state index in [-0.39, 0.29) is 36.9 Å². The highest BCUT2D eigenvalue weighted by Gasteiger charge is 2.20. The van der Waals surface area contributed by atoms with Gasteiger partial charge in [0.2, 0.25) is 0 Å². The van der Waals surface area contributed by atoms with Gasteiger partial charge in [0.1, 0.15) is 5.78 Å². The van der Waals surface area contributed by atoms with Crippen molar-refractivity contribution in [3.05, 3.63) is 0 Å². The second-order valence-electron chi connectivity index (χ2n) is 3.69. The third-order valence-electron chi connectivity index (χ3n) is 2.65. The number of hydrogen-bond acceptors (Lipinski definition) is 2. The summed E-state index contributed by atoms with van der Waals surface area (Å²) >= 11 is 0. The lowest BCUT2D eigenvalue weighted by molar-refractivity contribution is -0.139. The molecule has 1 saturated carbocycles. The lowest BCUT2D eigenvalue weighted by atomic mass is 9.85. The van der Waals surface area contributed by atoms with Gasteiger partial charge >= 0.3 is 5.97 Å². The minimum Gasteiger partial charge on any atom is -0.481 e. The van der Waals surface area contributed by atoms with E-state index in [2.05, 4.69) is 0 Å². The Morgan fingerprint density at radius 2 is 1.64 bits per heavy atom. The molecule has 0 radical (unpaired) electrons. The van der Waals surface area contributed by atoms with Crippen LogP contribution in [0, 0.1) is 5.92 Å². The van der Waals surface area contributed by atoms with Crippen molar-refractivity contribution in [3.63, 3.8) is 0 Å². The van der Waals surface area contributed by atoms with E-state index in [1.807, 2.05) is 0 Å². The maximum absolute atomic E-state index is 11.4. The molecule has 0 saturated heterocycles. The highest BCUT2D eigenvalue weighted by Crippen LogP contribution is 2.25. The van der Waals surface area contributed by atoms with Gasteiger partial charge in [0, 0.05) is 12.3 Å². The number of Topliss-reactive ketones (excluding diaryl/α,β-unsaturated/α-hetero) is 1. The lowest BCUT2D eigenvalue weighted by Crippen LogP contribution is -2.18. The zero-order valence-corrected chi connectivity index (χ0v) is 9.02. The van der Waals surface area contributed by atoms with Gasteiger partial charge < -0.3 is 5.11 Å². The Hall–Kier alpha value is -0.570. The molecule has 1 aliphatic rings. The van der Waals surface area contributed by atoms with Crippen LogP contribution in [0.25, 0.3) is 0 Å². The molecule has 82 valence electrons. The second-order valence-corrected chi connectivity index (χ2v) is 3.69. The maximum atomic E-state index is 11.4. The van der Waals surface area contributed by atoms with Crippen LogP contribution in [0.15, 0.2) is 0 Å². The first-order valence-corrected chi connectivity index (χ1v) is 4.94. The number of halogens is 1. The predicted octanol–water partition coefficient (Wildman–Crippen LogP) is 2.42. The molecule has 0 heterocycles. The Kier molecular flexibility index (Phi) is 6.54. The molecule has 14 heavy (non-hydrogen) atoms. The second kappa shape index (κ2) is 6.82. The number of ketones is 1. The molecule has 0 spiro atoms. The van der Waals surface area contributed by atoms with E-state index in [9.17, 15) is 9.59 Å². The van der Waals surface area contributed by atoms with Gasteiger partial charge in [-0.15, -0.1) is 12.4 Å². The molecule has 0 aromatic carbocycles. The van der Waals surface area contributed by atoms with E-state index in [4.69, 9.17) is 5.11 Å². The number of carboxylic acids is 1. The Morgan fingerprint density at radius 3 is 2.14 bits per heavy atom. The van der Waals surface area contributed by atoms with Crippen molar-refractivity contribution in [2.45, 2.75) is 44.9 Å². The number of carboxylic acid groups (broad SMARTS) is 1. The molecule has 0 bridgehead atoms. The van der Waals surface area contributed by atoms with Crippen molar-refractivity contribution in [1.29, 1.82) is 0 Å². The minimum absolute atomic E-state index is 0. The quantitative estimate of drug-likeness (QED) is 0.792. The van der Waals surface area contributed by atoms with Gasteiger partial charge in [-0.05, 0) is 12.8 Å².